The normalized spacial score (nSPS) is 12.1. The molecule has 0 aliphatic heterocycles. The van der Waals surface area contributed by atoms with E-state index in [0.29, 0.717) is 12.1 Å². The zero-order valence-corrected chi connectivity index (χ0v) is 13.9. The largest absolute Gasteiger partial charge is 0.504 e. The van der Waals surface area contributed by atoms with Crippen LogP contribution in [0, 0.1) is 11.3 Å². The zero-order chi connectivity index (χ0) is 17.6. The van der Waals surface area contributed by atoms with Crippen molar-refractivity contribution in [2.45, 2.75) is 26.3 Å². The minimum atomic E-state index is -0.474. The number of rotatable bonds is 6. The lowest BCUT2D eigenvalue weighted by molar-refractivity contribution is -0.117. The second kappa shape index (κ2) is 7.65. The Morgan fingerprint density at radius 1 is 1.39 bits per heavy atom. The van der Waals surface area contributed by atoms with E-state index in [1.165, 1.54) is 24.3 Å². The molecule has 0 radical (unpaired) electrons. The first-order valence-corrected chi connectivity index (χ1v) is 7.34. The van der Waals surface area contributed by atoms with Gasteiger partial charge in [-0.1, -0.05) is 13.0 Å². The van der Waals surface area contributed by atoms with Gasteiger partial charge in [-0.2, -0.15) is 5.26 Å². The molecule has 0 spiro atoms. The molecule has 6 heteroatoms. The number of hydrogen-bond donors (Lipinski definition) is 3. The first-order valence-electron chi connectivity index (χ1n) is 7.34. The van der Waals surface area contributed by atoms with Crippen LogP contribution in [0.4, 0.5) is 0 Å². The molecule has 3 N–H and O–H groups in total. The van der Waals surface area contributed by atoms with Crippen molar-refractivity contribution in [1.82, 2.24) is 10.2 Å². The van der Waals surface area contributed by atoms with Crippen molar-refractivity contribution in [3.63, 3.8) is 0 Å². The Kier molecular flexibility index (Phi) is 6.17. The summed E-state index contributed by atoms with van der Waals surface area (Å²) in [5.74, 6) is -1.03. The Morgan fingerprint density at radius 3 is 2.57 bits per heavy atom. The molecule has 0 heterocycles. The van der Waals surface area contributed by atoms with Gasteiger partial charge in [-0.3, -0.25) is 9.69 Å². The van der Waals surface area contributed by atoms with E-state index in [-0.39, 0.29) is 22.6 Å². The molecular formula is C17H23N3O3. The van der Waals surface area contributed by atoms with Gasteiger partial charge in [-0.25, -0.2) is 0 Å². The summed E-state index contributed by atoms with van der Waals surface area (Å²) >= 11 is 0. The maximum atomic E-state index is 12.2. The fourth-order valence-electron chi connectivity index (χ4n) is 1.90. The smallest absolute Gasteiger partial charge is 0.262 e. The third-order valence-electron chi connectivity index (χ3n) is 3.86. The van der Waals surface area contributed by atoms with Crippen LogP contribution < -0.4 is 5.32 Å². The minimum absolute atomic E-state index is 0.0648. The van der Waals surface area contributed by atoms with E-state index >= 15 is 0 Å². The van der Waals surface area contributed by atoms with E-state index in [0.717, 1.165) is 6.54 Å². The molecule has 1 aromatic carbocycles. The molecule has 0 aliphatic rings. The predicted octanol–water partition coefficient (Wildman–Crippen LogP) is 1.85. The lowest BCUT2D eigenvalue weighted by Gasteiger charge is -2.34. The van der Waals surface area contributed by atoms with Crippen LogP contribution in [0.2, 0.25) is 0 Å². The highest BCUT2D eigenvalue weighted by atomic mass is 16.3. The summed E-state index contributed by atoms with van der Waals surface area (Å²) < 4.78 is 0. The van der Waals surface area contributed by atoms with Gasteiger partial charge in [0.2, 0.25) is 0 Å². The molecular weight excluding hydrogens is 294 g/mol. The zero-order valence-electron chi connectivity index (χ0n) is 13.9. The van der Waals surface area contributed by atoms with E-state index < -0.39 is 5.91 Å². The third kappa shape index (κ3) is 5.01. The molecule has 0 aromatic heterocycles. The lowest BCUT2D eigenvalue weighted by atomic mass is 10.0. The van der Waals surface area contributed by atoms with Gasteiger partial charge in [0.05, 0.1) is 0 Å². The Bertz CT molecular complexity index is 645. The number of benzene rings is 1. The summed E-state index contributed by atoms with van der Waals surface area (Å²) in [7, 11) is 1.96. The van der Waals surface area contributed by atoms with Gasteiger partial charge in [-0.15, -0.1) is 0 Å². The first kappa shape index (κ1) is 18.5. The quantitative estimate of drug-likeness (QED) is 0.423. The first-order chi connectivity index (χ1) is 10.7. The SMILES string of the molecule is CCN(C)C(C)(C)CNC(=O)/C(C#N)=C/c1ccc(O)c(O)c1. The number of hydrogen-bond acceptors (Lipinski definition) is 5. The molecule has 23 heavy (non-hydrogen) atoms. The van der Waals surface area contributed by atoms with Crippen molar-refractivity contribution in [3.8, 4) is 17.6 Å². The molecule has 0 unspecified atom stereocenters. The van der Waals surface area contributed by atoms with Crippen LogP contribution in [0.1, 0.15) is 26.3 Å². The number of phenols is 2. The number of carbonyl (C=O) groups is 1. The lowest BCUT2D eigenvalue weighted by Crippen LogP contribution is -2.49. The molecule has 1 aromatic rings. The molecule has 6 nitrogen and oxygen atoms in total. The van der Waals surface area contributed by atoms with Crippen LogP contribution in [-0.2, 0) is 4.79 Å². The van der Waals surface area contributed by atoms with E-state index in [9.17, 15) is 15.0 Å². The Morgan fingerprint density at radius 2 is 2.04 bits per heavy atom. The number of amides is 1. The highest BCUT2D eigenvalue weighted by Crippen LogP contribution is 2.25. The number of nitrogens with one attached hydrogen (secondary N) is 1. The van der Waals surface area contributed by atoms with Crippen molar-refractivity contribution in [3.05, 3.63) is 29.3 Å². The summed E-state index contributed by atoms with van der Waals surface area (Å²) in [6, 6.07) is 5.95. The maximum Gasteiger partial charge on any atom is 0.262 e. The average Bonchev–Trinajstić information content (AvgIpc) is 2.52. The standard InChI is InChI=1S/C17H23N3O3/c1-5-20(4)17(2,3)11-19-16(23)13(10-18)8-12-6-7-14(21)15(22)9-12/h6-9,21-22H,5,11H2,1-4H3,(H,19,23)/b13-8+. The highest BCUT2D eigenvalue weighted by molar-refractivity contribution is 6.01. The van der Waals surface area contributed by atoms with Gasteiger partial charge >= 0.3 is 0 Å². The topological polar surface area (TPSA) is 96.6 Å². The van der Waals surface area contributed by atoms with Crippen molar-refractivity contribution in [2.75, 3.05) is 20.1 Å². The molecule has 1 rings (SSSR count). The molecule has 0 bridgehead atoms. The average molecular weight is 317 g/mol. The van der Waals surface area contributed by atoms with Gasteiger partial charge in [0.25, 0.3) is 5.91 Å². The van der Waals surface area contributed by atoms with Gasteiger partial charge in [0, 0.05) is 12.1 Å². The number of nitrogens with zero attached hydrogens (tertiary/aromatic N) is 2. The summed E-state index contributed by atoms with van der Waals surface area (Å²) in [5.41, 5.74) is 0.156. The van der Waals surface area contributed by atoms with Crippen LogP contribution in [0.5, 0.6) is 11.5 Å². The third-order valence-corrected chi connectivity index (χ3v) is 3.86. The maximum absolute atomic E-state index is 12.2. The van der Waals surface area contributed by atoms with Crippen molar-refractivity contribution >= 4 is 12.0 Å². The number of phenolic OH excluding ortho intramolecular Hbond substituents is 2. The number of aromatic hydroxyl groups is 2. The monoisotopic (exact) mass is 317 g/mol. The van der Waals surface area contributed by atoms with Crippen LogP contribution in [0.15, 0.2) is 23.8 Å². The van der Waals surface area contributed by atoms with Crippen molar-refractivity contribution in [2.24, 2.45) is 0 Å². The number of nitriles is 1. The van der Waals surface area contributed by atoms with Gasteiger partial charge < -0.3 is 15.5 Å². The summed E-state index contributed by atoms with van der Waals surface area (Å²) in [6.07, 6.45) is 1.37. The van der Waals surface area contributed by atoms with E-state index in [1.807, 2.05) is 33.9 Å². The second-order valence-electron chi connectivity index (χ2n) is 5.93. The molecule has 1 amide bonds. The molecule has 0 aliphatic carbocycles. The van der Waals surface area contributed by atoms with Crippen LogP contribution >= 0.6 is 0 Å². The van der Waals surface area contributed by atoms with Crippen LogP contribution in [-0.4, -0.2) is 46.7 Å². The highest BCUT2D eigenvalue weighted by Gasteiger charge is 2.23. The second-order valence-corrected chi connectivity index (χ2v) is 5.93. The van der Waals surface area contributed by atoms with Gasteiger partial charge in [0.1, 0.15) is 11.6 Å². The van der Waals surface area contributed by atoms with Crippen LogP contribution in [0.3, 0.4) is 0 Å². The molecule has 0 fully saturated rings. The Balaban J connectivity index is 2.85. The number of carbonyl (C=O) groups excluding carboxylic acids is 1. The fourth-order valence-corrected chi connectivity index (χ4v) is 1.90. The summed E-state index contributed by atoms with van der Waals surface area (Å²) in [4.78, 5) is 14.3. The summed E-state index contributed by atoms with van der Waals surface area (Å²) in [5, 5.41) is 30.6. The molecule has 124 valence electrons. The summed E-state index contributed by atoms with van der Waals surface area (Å²) in [6.45, 7) is 7.28. The minimum Gasteiger partial charge on any atom is -0.504 e. The fraction of sp³-hybridized carbons (Fsp3) is 0.412. The Hall–Kier alpha value is -2.52. The van der Waals surface area contributed by atoms with E-state index in [4.69, 9.17) is 5.26 Å². The predicted molar refractivity (Wildman–Crippen MR) is 88.8 cm³/mol. The van der Waals surface area contributed by atoms with Gasteiger partial charge in [0.15, 0.2) is 11.5 Å². The number of likely N-dealkylation sites (N-methyl/N-ethyl adjacent to an activating group) is 1. The van der Waals surface area contributed by atoms with E-state index in [2.05, 4.69) is 10.2 Å². The molecule has 0 saturated carbocycles. The molecule has 0 atom stereocenters. The van der Waals surface area contributed by atoms with Gasteiger partial charge in [-0.05, 0) is 51.2 Å². The van der Waals surface area contributed by atoms with Crippen molar-refractivity contribution < 1.29 is 15.0 Å². The Labute approximate surface area is 136 Å². The molecule has 0 saturated heterocycles. The van der Waals surface area contributed by atoms with Crippen LogP contribution in [0.25, 0.3) is 6.08 Å². The van der Waals surface area contributed by atoms with Crippen molar-refractivity contribution in [1.29, 1.82) is 5.26 Å². The van der Waals surface area contributed by atoms with E-state index in [1.54, 1.807) is 0 Å².